The molecule has 0 saturated heterocycles. The second-order valence-electron chi connectivity index (χ2n) is 3.61. The molecule has 0 aliphatic carbocycles. The van der Waals surface area contributed by atoms with E-state index in [1.807, 2.05) is 0 Å². The van der Waals surface area contributed by atoms with Crippen LogP contribution < -0.4 is 0 Å². The van der Waals surface area contributed by atoms with Crippen molar-refractivity contribution >= 4 is 26.1 Å². The van der Waals surface area contributed by atoms with Crippen LogP contribution in [0.4, 0.5) is 0 Å². The molecule has 0 radical (unpaired) electrons. The van der Waals surface area contributed by atoms with Crippen LogP contribution in [0.5, 0.6) is 0 Å². The van der Waals surface area contributed by atoms with Gasteiger partial charge in [0.1, 0.15) is 0 Å². The van der Waals surface area contributed by atoms with E-state index < -0.39 is 15.2 Å². The van der Waals surface area contributed by atoms with E-state index in [4.69, 9.17) is 28.5 Å². The topological polar surface area (TPSA) is 136 Å². The molecule has 21 heavy (non-hydrogen) atoms. The molecule has 0 amide bonds. The average Bonchev–Trinajstić information content (AvgIpc) is 2.53. The molecule has 12 heteroatoms. The van der Waals surface area contributed by atoms with Crippen molar-refractivity contribution in [3.05, 3.63) is 0 Å². The Bertz CT molecular complexity index is 420. The van der Waals surface area contributed by atoms with Gasteiger partial charge < -0.3 is 28.5 Å². The van der Waals surface area contributed by atoms with Crippen molar-refractivity contribution in [1.82, 2.24) is 0 Å². The fourth-order valence-corrected chi connectivity index (χ4v) is 3.68. The van der Waals surface area contributed by atoms with Gasteiger partial charge in [-0.2, -0.15) is 0 Å². The molecule has 0 fully saturated rings. The van der Waals surface area contributed by atoms with Crippen molar-refractivity contribution in [3.8, 4) is 0 Å². The summed E-state index contributed by atoms with van der Waals surface area (Å²) in [7, 11) is -2.68. The molecule has 0 aliphatic heterocycles. The molecule has 0 aliphatic rings. The van der Waals surface area contributed by atoms with Crippen LogP contribution in [0.15, 0.2) is 10.3 Å². The largest absolute Gasteiger partial charge is 0.410 e. The second kappa shape index (κ2) is 9.30. The van der Waals surface area contributed by atoms with Crippen molar-refractivity contribution in [2.24, 2.45) is 10.3 Å². The van der Waals surface area contributed by atoms with Crippen molar-refractivity contribution in [3.63, 3.8) is 0 Å². The van der Waals surface area contributed by atoms with Gasteiger partial charge >= 0.3 is 15.2 Å². The van der Waals surface area contributed by atoms with E-state index in [9.17, 15) is 9.13 Å². The standard InChI is InChI=1S/C9H20N2O8P2/c1-16-20(14,17-2)8(10-12)6-5-7-9(11-13)21(15,18-3)19-4/h12-13H,5-7H2,1-4H3/b10-8-,11-9+. The Morgan fingerprint density at radius 1 is 0.810 bits per heavy atom. The first-order chi connectivity index (χ1) is 9.87. The third-order valence-corrected chi connectivity index (χ3v) is 6.44. The summed E-state index contributed by atoms with van der Waals surface area (Å²) in [6.07, 6.45) is 0.190. The minimum atomic E-state index is -3.65. The lowest BCUT2D eigenvalue weighted by Gasteiger charge is -2.16. The minimum absolute atomic E-state index is 0.00189. The van der Waals surface area contributed by atoms with E-state index in [-0.39, 0.29) is 30.2 Å². The predicted octanol–water partition coefficient (Wildman–Crippen LogP) is 2.70. The van der Waals surface area contributed by atoms with Crippen LogP contribution in [0.1, 0.15) is 19.3 Å². The highest BCUT2D eigenvalue weighted by molar-refractivity contribution is 7.72. The van der Waals surface area contributed by atoms with Gasteiger partial charge in [-0.3, -0.25) is 9.13 Å². The summed E-state index contributed by atoms with van der Waals surface area (Å²) in [5, 5.41) is 23.5. The highest BCUT2D eigenvalue weighted by Gasteiger charge is 2.33. The first kappa shape index (κ1) is 20.2. The lowest BCUT2D eigenvalue weighted by Crippen LogP contribution is -2.08. The molecule has 124 valence electrons. The molecule has 0 spiro atoms. The van der Waals surface area contributed by atoms with Crippen LogP contribution in [0.25, 0.3) is 0 Å². The maximum Gasteiger partial charge on any atom is 0.378 e. The van der Waals surface area contributed by atoms with Gasteiger partial charge in [-0.1, -0.05) is 10.3 Å². The molecule has 0 aromatic rings. The van der Waals surface area contributed by atoms with E-state index in [0.717, 1.165) is 28.4 Å². The lowest BCUT2D eigenvalue weighted by molar-refractivity contribution is 0.282. The van der Waals surface area contributed by atoms with Crippen LogP contribution in [-0.4, -0.2) is 49.8 Å². The smallest absolute Gasteiger partial charge is 0.378 e. The molecule has 10 nitrogen and oxygen atoms in total. The fraction of sp³-hybridized carbons (Fsp3) is 0.778. The number of hydrogen-bond donors (Lipinski definition) is 2. The zero-order valence-corrected chi connectivity index (χ0v) is 14.0. The maximum absolute atomic E-state index is 12.0. The van der Waals surface area contributed by atoms with Gasteiger partial charge in [-0.15, -0.1) is 0 Å². The average molecular weight is 346 g/mol. The summed E-state index contributed by atoms with van der Waals surface area (Å²) in [5.74, 6) is 0. The lowest BCUT2D eigenvalue weighted by atomic mass is 10.2. The summed E-state index contributed by atoms with van der Waals surface area (Å²) in [5.41, 5.74) is -0.399. The molecule has 0 bridgehead atoms. The first-order valence-electron chi connectivity index (χ1n) is 5.73. The van der Waals surface area contributed by atoms with Gasteiger partial charge in [-0.05, 0) is 6.42 Å². The van der Waals surface area contributed by atoms with E-state index in [0.29, 0.717) is 0 Å². The van der Waals surface area contributed by atoms with Gasteiger partial charge in [0, 0.05) is 41.3 Å². The minimum Gasteiger partial charge on any atom is -0.410 e. The third-order valence-electron chi connectivity index (χ3n) is 2.63. The third kappa shape index (κ3) is 5.18. The molecule has 0 atom stereocenters. The molecule has 0 saturated carbocycles. The van der Waals surface area contributed by atoms with Crippen LogP contribution >= 0.6 is 15.2 Å². The van der Waals surface area contributed by atoms with Gasteiger partial charge in [0.2, 0.25) is 0 Å². The number of nitrogens with zero attached hydrogens (tertiary/aromatic N) is 2. The van der Waals surface area contributed by atoms with E-state index in [1.165, 1.54) is 0 Å². The van der Waals surface area contributed by atoms with Gasteiger partial charge in [-0.25, -0.2) is 0 Å². The Labute approximate surface area is 122 Å². The SMILES string of the molecule is COP(=O)(OC)/C(CCC/C(=N\O)P(=O)(OC)OC)=N\O. The number of hydrogen-bond acceptors (Lipinski definition) is 10. The normalized spacial score (nSPS) is 14.5. The highest BCUT2D eigenvalue weighted by Crippen LogP contribution is 2.51. The Morgan fingerprint density at radius 3 is 1.29 bits per heavy atom. The zero-order valence-electron chi connectivity index (χ0n) is 12.3. The van der Waals surface area contributed by atoms with Gasteiger partial charge in [0.25, 0.3) is 0 Å². The summed E-state index contributed by atoms with van der Waals surface area (Å²) in [4.78, 5) is 0. The molecular formula is C9H20N2O8P2. The summed E-state index contributed by atoms with van der Waals surface area (Å²) >= 11 is 0. The molecule has 0 aromatic carbocycles. The maximum atomic E-state index is 12.0. The molecule has 0 rings (SSSR count). The molecule has 0 heterocycles. The summed E-state index contributed by atoms with van der Waals surface area (Å²) in [6, 6.07) is 0. The molecule has 2 N–H and O–H groups in total. The van der Waals surface area contributed by atoms with E-state index in [2.05, 4.69) is 10.3 Å². The summed E-state index contributed by atoms with van der Waals surface area (Å²) in [6.45, 7) is 0. The summed E-state index contributed by atoms with van der Waals surface area (Å²) < 4.78 is 42.8. The van der Waals surface area contributed by atoms with Crippen LogP contribution in [0.3, 0.4) is 0 Å². The number of rotatable bonds is 10. The van der Waals surface area contributed by atoms with Gasteiger partial charge in [0.05, 0.1) is 0 Å². The molecule has 0 aromatic heterocycles. The number of oxime groups is 2. The Morgan fingerprint density at radius 2 is 1.10 bits per heavy atom. The Kier molecular flexibility index (Phi) is 8.96. The fourth-order valence-electron chi connectivity index (χ4n) is 1.46. The van der Waals surface area contributed by atoms with Crippen molar-refractivity contribution in [2.45, 2.75) is 19.3 Å². The van der Waals surface area contributed by atoms with Crippen LogP contribution in [-0.2, 0) is 27.2 Å². The van der Waals surface area contributed by atoms with Crippen LogP contribution in [0.2, 0.25) is 0 Å². The van der Waals surface area contributed by atoms with E-state index in [1.54, 1.807) is 0 Å². The molecular weight excluding hydrogens is 326 g/mol. The van der Waals surface area contributed by atoms with Crippen LogP contribution in [0, 0.1) is 0 Å². The zero-order chi connectivity index (χ0) is 16.5. The molecule has 0 unspecified atom stereocenters. The Balaban J connectivity index is 4.82. The van der Waals surface area contributed by atoms with Crippen molar-refractivity contribution in [2.75, 3.05) is 28.4 Å². The predicted molar refractivity (Wildman–Crippen MR) is 75.5 cm³/mol. The highest BCUT2D eigenvalue weighted by atomic mass is 31.2. The first-order valence-corrected chi connectivity index (χ1v) is 8.82. The van der Waals surface area contributed by atoms with Gasteiger partial charge in [0.15, 0.2) is 10.9 Å². The quantitative estimate of drug-likeness (QED) is 0.267. The van der Waals surface area contributed by atoms with Crippen molar-refractivity contribution < 1.29 is 37.6 Å². The Hall–Kier alpha value is -0.760. The monoisotopic (exact) mass is 346 g/mol. The second-order valence-corrected chi connectivity index (χ2v) is 8.09. The van der Waals surface area contributed by atoms with E-state index >= 15 is 0 Å². The van der Waals surface area contributed by atoms with Crippen molar-refractivity contribution in [1.29, 1.82) is 0 Å².